The Bertz CT molecular complexity index is 1110. The molecule has 138 valence electrons. The van der Waals surface area contributed by atoms with Crippen LogP contribution in [0.3, 0.4) is 0 Å². The molecule has 2 N–H and O–H groups in total. The summed E-state index contributed by atoms with van der Waals surface area (Å²) in [7, 11) is -4.67. The highest BCUT2D eigenvalue weighted by atomic mass is 32.3. The summed E-state index contributed by atoms with van der Waals surface area (Å²) in [5.41, 5.74) is 3.48. The Morgan fingerprint density at radius 1 is 0.889 bits per heavy atom. The number of nitrogens with zero attached hydrogens (tertiary/aromatic N) is 3. The summed E-state index contributed by atoms with van der Waals surface area (Å²) in [5, 5.41) is 1.15. The predicted octanol–water partition coefficient (Wildman–Crippen LogP) is 3.42. The smallest absolute Gasteiger partial charge is 0.326 e. The molecule has 0 radical (unpaired) electrons. The van der Waals surface area contributed by atoms with Gasteiger partial charge in [0, 0.05) is 24.0 Å². The minimum atomic E-state index is -4.67. The van der Waals surface area contributed by atoms with Gasteiger partial charge in [0.05, 0.1) is 17.9 Å². The average molecular weight is 383 g/mol. The lowest BCUT2D eigenvalue weighted by Gasteiger charge is -2.20. The van der Waals surface area contributed by atoms with Gasteiger partial charge in [-0.25, -0.2) is 4.98 Å². The largest absolute Gasteiger partial charge is 0.394 e. The zero-order valence-corrected chi connectivity index (χ0v) is 14.9. The normalized spacial score (nSPS) is 12.2. The minimum Gasteiger partial charge on any atom is -0.326 e. The molecule has 0 aliphatic rings. The van der Waals surface area contributed by atoms with E-state index in [1.165, 1.54) is 11.1 Å². The van der Waals surface area contributed by atoms with Gasteiger partial charge in [-0.2, -0.15) is 8.42 Å². The molecule has 2 heterocycles. The highest BCUT2D eigenvalue weighted by Gasteiger charge is 2.16. The van der Waals surface area contributed by atoms with Crippen LogP contribution in [0.1, 0.15) is 17.2 Å². The van der Waals surface area contributed by atoms with E-state index in [1.807, 2.05) is 37.1 Å². The van der Waals surface area contributed by atoms with Crippen LogP contribution in [-0.4, -0.2) is 32.1 Å². The molecule has 4 aromatic rings. The van der Waals surface area contributed by atoms with E-state index in [2.05, 4.69) is 63.1 Å². The standard InChI is InChI=1S/C19H15N3.H2O4S/c1-2-5-15(6-3-1)19(22-12-11-20-14-22)17-8-9-18-16(13-17)7-4-10-21-18;1-5(2,3)4/h1-14,19H;(H2,1,2,3,4). The molecular weight excluding hydrogens is 366 g/mol. The minimum absolute atomic E-state index is 0.119. The molecule has 1 unspecified atom stereocenters. The number of hydrogen-bond donors (Lipinski definition) is 2. The Hall–Kier alpha value is -3.07. The molecule has 0 aliphatic carbocycles. The van der Waals surface area contributed by atoms with E-state index in [0.29, 0.717) is 0 Å². The number of imidazole rings is 1. The quantitative estimate of drug-likeness (QED) is 0.525. The first kappa shape index (κ1) is 18.7. The van der Waals surface area contributed by atoms with Gasteiger partial charge in [-0.05, 0) is 29.3 Å². The highest BCUT2D eigenvalue weighted by molar-refractivity contribution is 7.79. The van der Waals surface area contributed by atoms with Crippen molar-refractivity contribution in [3.05, 3.63) is 96.7 Å². The SMILES string of the molecule is O=S(=O)(O)O.c1ccc(C(c2ccc3ncccc3c2)n2ccnc2)cc1. The molecule has 1 atom stereocenters. The Balaban J connectivity index is 0.000000376. The van der Waals surface area contributed by atoms with Crippen LogP contribution in [0.15, 0.2) is 85.6 Å². The van der Waals surface area contributed by atoms with Gasteiger partial charge in [-0.1, -0.05) is 42.5 Å². The molecule has 2 aromatic heterocycles. The number of aromatic nitrogens is 3. The molecule has 0 spiro atoms. The average Bonchev–Trinajstić information content (AvgIpc) is 3.16. The second-order valence-corrected chi connectivity index (χ2v) is 6.62. The van der Waals surface area contributed by atoms with Gasteiger partial charge in [0.15, 0.2) is 0 Å². The van der Waals surface area contributed by atoms with Crippen molar-refractivity contribution in [2.24, 2.45) is 0 Å². The van der Waals surface area contributed by atoms with E-state index in [1.54, 1.807) is 0 Å². The van der Waals surface area contributed by atoms with E-state index < -0.39 is 10.4 Å². The van der Waals surface area contributed by atoms with Crippen molar-refractivity contribution < 1.29 is 17.5 Å². The zero-order chi connectivity index (χ0) is 19.3. The lowest BCUT2D eigenvalue weighted by Crippen LogP contribution is -2.10. The summed E-state index contributed by atoms with van der Waals surface area (Å²) in [6, 6.07) is 21.1. The number of rotatable bonds is 3. The van der Waals surface area contributed by atoms with Gasteiger partial charge >= 0.3 is 10.4 Å². The molecule has 2 aromatic carbocycles. The maximum Gasteiger partial charge on any atom is 0.394 e. The van der Waals surface area contributed by atoms with Crippen LogP contribution < -0.4 is 0 Å². The Morgan fingerprint density at radius 2 is 1.63 bits per heavy atom. The monoisotopic (exact) mass is 383 g/mol. The maximum absolute atomic E-state index is 8.74. The van der Waals surface area contributed by atoms with Crippen molar-refractivity contribution >= 4 is 21.3 Å². The van der Waals surface area contributed by atoms with Crippen molar-refractivity contribution in [2.45, 2.75) is 6.04 Å². The fourth-order valence-electron chi connectivity index (χ4n) is 2.86. The van der Waals surface area contributed by atoms with Crippen molar-refractivity contribution in [1.82, 2.24) is 14.5 Å². The van der Waals surface area contributed by atoms with Crippen LogP contribution in [0, 0.1) is 0 Å². The molecule has 27 heavy (non-hydrogen) atoms. The van der Waals surface area contributed by atoms with Gasteiger partial charge in [0.1, 0.15) is 0 Å². The maximum atomic E-state index is 8.74. The molecule has 7 nitrogen and oxygen atoms in total. The van der Waals surface area contributed by atoms with Crippen LogP contribution in [0.2, 0.25) is 0 Å². The van der Waals surface area contributed by atoms with E-state index in [9.17, 15) is 0 Å². The van der Waals surface area contributed by atoms with E-state index in [-0.39, 0.29) is 6.04 Å². The van der Waals surface area contributed by atoms with Crippen LogP contribution in [-0.2, 0) is 10.4 Å². The van der Waals surface area contributed by atoms with E-state index >= 15 is 0 Å². The lowest BCUT2D eigenvalue weighted by atomic mass is 9.97. The molecule has 4 rings (SSSR count). The molecule has 8 heteroatoms. The molecule has 0 saturated heterocycles. The number of fused-ring (bicyclic) bond motifs is 1. The molecule has 0 bridgehead atoms. The summed E-state index contributed by atoms with van der Waals surface area (Å²) >= 11 is 0. The van der Waals surface area contributed by atoms with Gasteiger partial charge < -0.3 is 4.57 Å². The second-order valence-electron chi connectivity index (χ2n) is 5.73. The second kappa shape index (κ2) is 8.09. The Labute approximate surface area is 156 Å². The van der Waals surface area contributed by atoms with Crippen LogP contribution >= 0.6 is 0 Å². The zero-order valence-electron chi connectivity index (χ0n) is 14.1. The summed E-state index contributed by atoms with van der Waals surface area (Å²) < 4.78 is 33.7. The Kier molecular flexibility index (Phi) is 5.60. The lowest BCUT2D eigenvalue weighted by molar-refractivity contribution is 0.381. The first-order valence-electron chi connectivity index (χ1n) is 7.99. The fourth-order valence-corrected chi connectivity index (χ4v) is 2.86. The van der Waals surface area contributed by atoms with E-state index in [4.69, 9.17) is 17.5 Å². The van der Waals surface area contributed by atoms with Gasteiger partial charge in [0.25, 0.3) is 0 Å². The number of benzene rings is 2. The molecule has 0 amide bonds. The molecule has 0 saturated carbocycles. The summed E-state index contributed by atoms with van der Waals surface area (Å²) in [4.78, 5) is 8.61. The third-order valence-corrected chi connectivity index (χ3v) is 3.88. The predicted molar refractivity (Wildman–Crippen MR) is 102 cm³/mol. The summed E-state index contributed by atoms with van der Waals surface area (Å²) in [5.74, 6) is 0. The van der Waals surface area contributed by atoms with Gasteiger partial charge in [-0.15, -0.1) is 0 Å². The first-order chi connectivity index (χ1) is 12.9. The van der Waals surface area contributed by atoms with Gasteiger partial charge in [0.2, 0.25) is 0 Å². The molecular formula is C19H17N3O4S. The number of hydrogen-bond acceptors (Lipinski definition) is 4. The van der Waals surface area contributed by atoms with Crippen LogP contribution in [0.4, 0.5) is 0 Å². The highest BCUT2D eigenvalue weighted by Crippen LogP contribution is 2.28. The van der Waals surface area contributed by atoms with E-state index in [0.717, 1.165) is 10.9 Å². The van der Waals surface area contributed by atoms with Gasteiger partial charge in [-0.3, -0.25) is 14.1 Å². The fraction of sp³-hybridized carbons (Fsp3) is 0.0526. The third kappa shape index (κ3) is 5.20. The number of pyridine rings is 1. The molecule has 0 aliphatic heterocycles. The topological polar surface area (TPSA) is 105 Å². The third-order valence-electron chi connectivity index (χ3n) is 3.88. The van der Waals surface area contributed by atoms with Crippen molar-refractivity contribution in [3.63, 3.8) is 0 Å². The van der Waals surface area contributed by atoms with Crippen LogP contribution in [0.25, 0.3) is 10.9 Å². The van der Waals surface area contributed by atoms with Crippen molar-refractivity contribution in [2.75, 3.05) is 0 Å². The molecule has 0 fully saturated rings. The summed E-state index contributed by atoms with van der Waals surface area (Å²) in [6.45, 7) is 0. The Morgan fingerprint density at radius 3 is 2.30 bits per heavy atom. The van der Waals surface area contributed by atoms with Crippen LogP contribution in [0.5, 0.6) is 0 Å². The van der Waals surface area contributed by atoms with Crippen molar-refractivity contribution in [1.29, 1.82) is 0 Å². The summed E-state index contributed by atoms with van der Waals surface area (Å²) in [6.07, 6.45) is 7.52. The first-order valence-corrected chi connectivity index (χ1v) is 9.38. The van der Waals surface area contributed by atoms with Crippen molar-refractivity contribution in [3.8, 4) is 0 Å².